The van der Waals surface area contributed by atoms with Gasteiger partial charge >= 0.3 is 11.7 Å². The van der Waals surface area contributed by atoms with Gasteiger partial charge in [0.1, 0.15) is 0 Å². The fourth-order valence-corrected chi connectivity index (χ4v) is 1.67. The van der Waals surface area contributed by atoms with Gasteiger partial charge in [0, 0.05) is 6.54 Å². The van der Waals surface area contributed by atoms with Crippen molar-refractivity contribution in [2.45, 2.75) is 13.5 Å². The SMILES string of the molecule is CCn1c(=O)[nH]c2c(C(=O)O)cccc21. The highest BCUT2D eigenvalue weighted by Crippen LogP contribution is 2.15. The molecule has 5 nitrogen and oxygen atoms in total. The van der Waals surface area contributed by atoms with E-state index < -0.39 is 5.97 Å². The first-order valence-corrected chi connectivity index (χ1v) is 4.60. The first kappa shape index (κ1) is 9.51. The van der Waals surface area contributed by atoms with E-state index >= 15 is 0 Å². The van der Waals surface area contributed by atoms with E-state index in [0.29, 0.717) is 17.6 Å². The predicted molar refractivity (Wildman–Crippen MR) is 55.2 cm³/mol. The summed E-state index contributed by atoms with van der Waals surface area (Å²) in [7, 11) is 0. The van der Waals surface area contributed by atoms with E-state index in [2.05, 4.69) is 4.98 Å². The molecule has 0 aliphatic heterocycles. The number of carboxylic acid groups (broad SMARTS) is 1. The largest absolute Gasteiger partial charge is 0.478 e. The summed E-state index contributed by atoms with van der Waals surface area (Å²) in [6.45, 7) is 2.35. The Hall–Kier alpha value is -2.04. The van der Waals surface area contributed by atoms with Gasteiger partial charge in [-0.05, 0) is 19.1 Å². The molecule has 15 heavy (non-hydrogen) atoms. The minimum absolute atomic E-state index is 0.122. The molecule has 0 aliphatic carbocycles. The van der Waals surface area contributed by atoms with Crippen LogP contribution in [0.3, 0.4) is 0 Å². The molecule has 5 heteroatoms. The number of carbonyl (C=O) groups is 1. The maximum Gasteiger partial charge on any atom is 0.337 e. The molecule has 0 atom stereocenters. The van der Waals surface area contributed by atoms with Crippen LogP contribution in [0.25, 0.3) is 11.0 Å². The van der Waals surface area contributed by atoms with Gasteiger partial charge in [0.2, 0.25) is 0 Å². The molecule has 2 N–H and O–H groups in total. The van der Waals surface area contributed by atoms with Gasteiger partial charge in [-0.3, -0.25) is 4.57 Å². The number of aromatic nitrogens is 2. The van der Waals surface area contributed by atoms with Crippen molar-refractivity contribution in [2.24, 2.45) is 0 Å². The molecule has 1 heterocycles. The van der Waals surface area contributed by atoms with Crippen LogP contribution in [0.4, 0.5) is 0 Å². The second-order valence-electron chi connectivity index (χ2n) is 3.18. The van der Waals surface area contributed by atoms with Gasteiger partial charge in [-0.2, -0.15) is 0 Å². The molecule has 2 rings (SSSR count). The van der Waals surface area contributed by atoms with E-state index in [1.807, 2.05) is 6.92 Å². The van der Waals surface area contributed by atoms with Gasteiger partial charge in [0.05, 0.1) is 16.6 Å². The molecule has 78 valence electrons. The number of nitrogens with zero attached hydrogens (tertiary/aromatic N) is 1. The first-order chi connectivity index (χ1) is 7.15. The number of fused-ring (bicyclic) bond motifs is 1. The third kappa shape index (κ3) is 1.32. The van der Waals surface area contributed by atoms with E-state index in [1.54, 1.807) is 12.1 Å². The molecule has 0 unspecified atom stereocenters. The van der Waals surface area contributed by atoms with E-state index in [-0.39, 0.29) is 11.3 Å². The van der Waals surface area contributed by atoms with Crippen LogP contribution in [0.2, 0.25) is 0 Å². The average Bonchev–Trinajstić information content (AvgIpc) is 2.52. The highest BCUT2D eigenvalue weighted by atomic mass is 16.4. The number of hydrogen-bond donors (Lipinski definition) is 2. The normalized spacial score (nSPS) is 10.7. The molecule has 0 saturated carbocycles. The molecule has 0 spiro atoms. The van der Waals surface area contributed by atoms with Crippen molar-refractivity contribution in [2.75, 3.05) is 0 Å². The molecular weight excluding hydrogens is 196 g/mol. The molecule has 1 aromatic carbocycles. The lowest BCUT2D eigenvalue weighted by Gasteiger charge is -1.98. The number of para-hydroxylation sites is 1. The third-order valence-electron chi connectivity index (χ3n) is 2.36. The lowest BCUT2D eigenvalue weighted by atomic mass is 10.2. The maximum atomic E-state index is 11.5. The third-order valence-corrected chi connectivity index (χ3v) is 2.36. The molecule has 0 bridgehead atoms. The minimum Gasteiger partial charge on any atom is -0.478 e. The number of nitrogens with one attached hydrogen (secondary N) is 1. The van der Waals surface area contributed by atoms with Gasteiger partial charge in [-0.25, -0.2) is 9.59 Å². The number of aromatic amines is 1. The predicted octanol–water partition coefficient (Wildman–Crippen LogP) is 1.05. The van der Waals surface area contributed by atoms with Crippen LogP contribution < -0.4 is 5.69 Å². The molecule has 0 fully saturated rings. The topological polar surface area (TPSA) is 75.1 Å². The van der Waals surface area contributed by atoms with E-state index in [9.17, 15) is 9.59 Å². The maximum absolute atomic E-state index is 11.5. The highest BCUT2D eigenvalue weighted by molar-refractivity contribution is 6.00. The Kier molecular flexibility index (Phi) is 2.07. The Morgan fingerprint density at radius 1 is 1.53 bits per heavy atom. The molecule has 0 amide bonds. The average molecular weight is 206 g/mol. The number of rotatable bonds is 2. The van der Waals surface area contributed by atoms with Crippen LogP contribution >= 0.6 is 0 Å². The van der Waals surface area contributed by atoms with Gasteiger partial charge in [0.25, 0.3) is 0 Å². The monoisotopic (exact) mass is 206 g/mol. The van der Waals surface area contributed by atoms with Crippen LogP contribution in [0, 0.1) is 0 Å². The summed E-state index contributed by atoms with van der Waals surface area (Å²) in [6.07, 6.45) is 0. The first-order valence-electron chi connectivity index (χ1n) is 4.60. The Bertz CT molecular complexity index is 580. The highest BCUT2D eigenvalue weighted by Gasteiger charge is 2.12. The summed E-state index contributed by atoms with van der Waals surface area (Å²) in [6, 6.07) is 4.83. The molecule has 0 saturated heterocycles. The number of H-pyrrole nitrogens is 1. The van der Waals surface area contributed by atoms with E-state index in [1.165, 1.54) is 10.6 Å². The van der Waals surface area contributed by atoms with Crippen LogP contribution in [0.1, 0.15) is 17.3 Å². The fourth-order valence-electron chi connectivity index (χ4n) is 1.67. The molecule has 0 aliphatic rings. The Morgan fingerprint density at radius 2 is 2.27 bits per heavy atom. The lowest BCUT2D eigenvalue weighted by Crippen LogP contribution is -2.14. The van der Waals surface area contributed by atoms with Crippen LogP contribution in [-0.2, 0) is 6.54 Å². The van der Waals surface area contributed by atoms with Gasteiger partial charge in [0.15, 0.2) is 0 Å². The van der Waals surface area contributed by atoms with Crippen molar-refractivity contribution in [3.05, 3.63) is 34.2 Å². The van der Waals surface area contributed by atoms with Crippen molar-refractivity contribution < 1.29 is 9.90 Å². The van der Waals surface area contributed by atoms with E-state index in [0.717, 1.165) is 0 Å². The van der Waals surface area contributed by atoms with Crippen LogP contribution in [-0.4, -0.2) is 20.6 Å². The number of imidazole rings is 1. The van der Waals surface area contributed by atoms with Gasteiger partial charge in [-0.1, -0.05) is 6.07 Å². The van der Waals surface area contributed by atoms with Crippen molar-refractivity contribution in [1.82, 2.24) is 9.55 Å². The Balaban J connectivity index is 2.89. The Labute approximate surface area is 85.0 Å². The Morgan fingerprint density at radius 3 is 2.87 bits per heavy atom. The second kappa shape index (κ2) is 3.27. The summed E-state index contributed by atoms with van der Waals surface area (Å²) in [5.74, 6) is -1.04. The van der Waals surface area contributed by atoms with E-state index in [4.69, 9.17) is 5.11 Å². The molecule has 0 radical (unpaired) electrons. The number of aryl methyl sites for hydroxylation is 1. The number of hydrogen-bond acceptors (Lipinski definition) is 2. The van der Waals surface area contributed by atoms with Crippen LogP contribution in [0.15, 0.2) is 23.0 Å². The number of aromatic carboxylic acids is 1. The molecule has 2 aromatic rings. The zero-order valence-corrected chi connectivity index (χ0v) is 8.15. The van der Waals surface area contributed by atoms with Gasteiger partial charge in [-0.15, -0.1) is 0 Å². The lowest BCUT2D eigenvalue weighted by molar-refractivity contribution is 0.0699. The van der Waals surface area contributed by atoms with Crippen molar-refractivity contribution in [3.8, 4) is 0 Å². The molecular formula is C10H10N2O3. The fraction of sp³-hybridized carbons (Fsp3) is 0.200. The van der Waals surface area contributed by atoms with Crippen molar-refractivity contribution in [3.63, 3.8) is 0 Å². The van der Waals surface area contributed by atoms with Crippen molar-refractivity contribution >= 4 is 17.0 Å². The standard InChI is InChI=1S/C10H10N2O3/c1-2-12-7-5-3-4-6(9(13)14)8(7)11-10(12)15/h3-5H,2H2,1H3,(H,11,15)(H,13,14). The summed E-state index contributed by atoms with van der Waals surface area (Å²) in [5, 5.41) is 8.92. The summed E-state index contributed by atoms with van der Waals surface area (Å²) in [5.41, 5.74) is 0.859. The van der Waals surface area contributed by atoms with Crippen LogP contribution in [0.5, 0.6) is 0 Å². The summed E-state index contributed by atoms with van der Waals surface area (Å²) >= 11 is 0. The smallest absolute Gasteiger partial charge is 0.337 e. The van der Waals surface area contributed by atoms with Crippen molar-refractivity contribution in [1.29, 1.82) is 0 Å². The zero-order valence-electron chi connectivity index (χ0n) is 8.15. The van der Waals surface area contributed by atoms with Gasteiger partial charge < -0.3 is 10.1 Å². The quantitative estimate of drug-likeness (QED) is 0.771. The number of benzene rings is 1. The second-order valence-corrected chi connectivity index (χ2v) is 3.18. The zero-order chi connectivity index (χ0) is 11.0. The number of carboxylic acids is 1. The molecule has 1 aromatic heterocycles. The minimum atomic E-state index is -1.04. The summed E-state index contributed by atoms with van der Waals surface area (Å²) < 4.78 is 1.50. The summed E-state index contributed by atoms with van der Waals surface area (Å²) in [4.78, 5) is 24.9.